The highest BCUT2D eigenvalue weighted by atomic mass is 35.5. The highest BCUT2D eigenvalue weighted by molar-refractivity contribution is 6.35. The third-order valence-corrected chi connectivity index (χ3v) is 3.14. The third kappa shape index (κ3) is 2.30. The highest BCUT2D eigenvalue weighted by Gasteiger charge is 2.21. The Hall–Kier alpha value is -2.21. The van der Waals surface area contributed by atoms with E-state index in [1.165, 1.54) is 20.3 Å². The van der Waals surface area contributed by atoms with Crippen LogP contribution in [0.2, 0.25) is 5.02 Å². The number of methoxy groups -OCH3 is 2. The summed E-state index contributed by atoms with van der Waals surface area (Å²) in [6.07, 6.45) is 0. The lowest BCUT2D eigenvalue weighted by Crippen LogP contribution is -1.96. The molecule has 1 heterocycles. The quantitative estimate of drug-likeness (QED) is 0.934. The van der Waals surface area contributed by atoms with E-state index in [1.807, 2.05) is 0 Å². The fourth-order valence-electron chi connectivity index (χ4n) is 1.87. The van der Waals surface area contributed by atoms with Gasteiger partial charge < -0.3 is 19.1 Å². The van der Waals surface area contributed by atoms with E-state index in [-0.39, 0.29) is 16.5 Å². The van der Waals surface area contributed by atoms with E-state index in [2.05, 4.69) is 5.16 Å². The van der Waals surface area contributed by atoms with E-state index in [1.54, 1.807) is 13.0 Å². The zero-order valence-electron chi connectivity index (χ0n) is 11.1. The molecule has 0 amide bonds. The van der Waals surface area contributed by atoms with E-state index < -0.39 is 5.97 Å². The van der Waals surface area contributed by atoms with E-state index in [4.69, 9.17) is 30.7 Å². The summed E-state index contributed by atoms with van der Waals surface area (Å²) in [7, 11) is 2.97. The number of carboxylic acids is 1. The maximum Gasteiger partial charge on any atom is 0.358 e. The van der Waals surface area contributed by atoms with Crippen LogP contribution >= 0.6 is 11.6 Å². The predicted molar refractivity (Wildman–Crippen MR) is 71.7 cm³/mol. The van der Waals surface area contributed by atoms with Gasteiger partial charge in [-0.1, -0.05) is 16.8 Å². The third-order valence-electron chi connectivity index (χ3n) is 2.78. The second-order valence-corrected chi connectivity index (χ2v) is 4.38. The molecule has 2 rings (SSSR count). The molecular formula is C13H12ClNO5. The second kappa shape index (κ2) is 5.42. The van der Waals surface area contributed by atoms with Gasteiger partial charge in [-0.05, 0) is 18.6 Å². The number of aromatic nitrogens is 1. The number of carbonyl (C=O) groups is 1. The van der Waals surface area contributed by atoms with Gasteiger partial charge >= 0.3 is 5.97 Å². The van der Waals surface area contributed by atoms with Crippen molar-refractivity contribution in [2.45, 2.75) is 6.92 Å². The summed E-state index contributed by atoms with van der Waals surface area (Å²) in [4.78, 5) is 10.8. The van der Waals surface area contributed by atoms with E-state index in [0.717, 1.165) is 5.56 Å². The molecule has 106 valence electrons. The van der Waals surface area contributed by atoms with Crippen LogP contribution in [0.4, 0.5) is 0 Å². The largest absolute Gasteiger partial charge is 0.493 e. The molecule has 0 saturated carbocycles. The van der Waals surface area contributed by atoms with Gasteiger partial charge in [0.2, 0.25) is 0 Å². The summed E-state index contributed by atoms with van der Waals surface area (Å²) in [5.41, 5.74) is 1.08. The Labute approximate surface area is 119 Å². The van der Waals surface area contributed by atoms with E-state index >= 15 is 0 Å². The number of hydrogen-bond donors (Lipinski definition) is 1. The zero-order valence-corrected chi connectivity index (χ0v) is 11.8. The van der Waals surface area contributed by atoms with Gasteiger partial charge in [-0.15, -0.1) is 0 Å². The number of hydrogen-bond acceptors (Lipinski definition) is 5. The highest BCUT2D eigenvalue weighted by Crippen LogP contribution is 2.44. The van der Waals surface area contributed by atoms with Crippen molar-refractivity contribution in [3.63, 3.8) is 0 Å². The molecular weight excluding hydrogens is 286 g/mol. The van der Waals surface area contributed by atoms with Crippen LogP contribution in [0, 0.1) is 6.92 Å². The van der Waals surface area contributed by atoms with Gasteiger partial charge in [0, 0.05) is 11.6 Å². The first kappa shape index (κ1) is 14.2. The SMILES string of the molecule is COc1cc(C)c(-c2cc(C(=O)O)no2)c(Cl)c1OC. The second-order valence-electron chi connectivity index (χ2n) is 4.00. The van der Waals surface area contributed by atoms with Crippen molar-refractivity contribution < 1.29 is 23.9 Å². The number of aryl methyl sites for hydroxylation is 1. The molecule has 0 radical (unpaired) electrons. The van der Waals surface area contributed by atoms with Crippen LogP contribution in [-0.2, 0) is 0 Å². The Morgan fingerprint density at radius 3 is 2.55 bits per heavy atom. The molecule has 1 aromatic heterocycles. The van der Waals surface area contributed by atoms with Crippen LogP contribution in [0.15, 0.2) is 16.7 Å². The predicted octanol–water partition coefficient (Wildman–Crippen LogP) is 3.02. The summed E-state index contributed by atoms with van der Waals surface area (Å²) in [5, 5.41) is 12.6. The zero-order chi connectivity index (χ0) is 14.9. The minimum absolute atomic E-state index is 0.190. The Bertz CT molecular complexity index is 665. The van der Waals surface area contributed by atoms with Crippen LogP contribution in [-0.4, -0.2) is 30.5 Å². The lowest BCUT2D eigenvalue weighted by Gasteiger charge is -2.13. The molecule has 2 aromatic rings. The fourth-order valence-corrected chi connectivity index (χ4v) is 2.28. The maximum atomic E-state index is 10.8. The molecule has 7 heteroatoms. The van der Waals surface area contributed by atoms with Crippen molar-refractivity contribution in [2.24, 2.45) is 0 Å². The number of rotatable bonds is 4. The molecule has 6 nitrogen and oxygen atoms in total. The standard InChI is InChI=1S/C13H12ClNO5/c1-6-4-9(18-2)12(19-3)11(14)10(6)8-5-7(13(16)17)15-20-8/h4-5H,1-3H3,(H,16,17). The van der Waals surface area contributed by atoms with Crippen LogP contribution < -0.4 is 9.47 Å². The number of aromatic carboxylic acids is 1. The van der Waals surface area contributed by atoms with Crippen LogP contribution in [0.25, 0.3) is 11.3 Å². The maximum absolute atomic E-state index is 10.8. The minimum atomic E-state index is -1.17. The molecule has 0 spiro atoms. The summed E-state index contributed by atoms with van der Waals surface area (Å²) in [6.45, 7) is 1.80. The topological polar surface area (TPSA) is 81.8 Å². The summed E-state index contributed by atoms with van der Waals surface area (Å²) < 4.78 is 15.4. The van der Waals surface area contributed by atoms with Crippen molar-refractivity contribution in [3.05, 3.63) is 28.4 Å². The molecule has 0 aliphatic heterocycles. The molecule has 1 aromatic carbocycles. The van der Waals surface area contributed by atoms with Crippen LogP contribution in [0.3, 0.4) is 0 Å². The summed E-state index contributed by atoms with van der Waals surface area (Å²) in [5.74, 6) is -0.0835. The summed E-state index contributed by atoms with van der Waals surface area (Å²) >= 11 is 6.28. The molecule has 0 bridgehead atoms. The average molecular weight is 298 g/mol. The molecule has 1 N–H and O–H groups in total. The van der Waals surface area contributed by atoms with Gasteiger partial charge in [-0.25, -0.2) is 4.79 Å². The number of halogens is 1. The van der Waals surface area contributed by atoms with Crippen molar-refractivity contribution in [3.8, 4) is 22.8 Å². The molecule has 0 saturated heterocycles. The van der Waals surface area contributed by atoms with E-state index in [0.29, 0.717) is 17.1 Å². The lowest BCUT2D eigenvalue weighted by molar-refractivity contribution is 0.0686. The Morgan fingerprint density at radius 2 is 2.05 bits per heavy atom. The van der Waals surface area contributed by atoms with Gasteiger partial charge in [-0.3, -0.25) is 0 Å². The Kier molecular flexibility index (Phi) is 3.85. The van der Waals surface area contributed by atoms with Gasteiger partial charge in [0.25, 0.3) is 0 Å². The molecule has 0 fully saturated rings. The number of ether oxygens (including phenoxy) is 2. The molecule has 0 aliphatic carbocycles. The molecule has 20 heavy (non-hydrogen) atoms. The lowest BCUT2D eigenvalue weighted by atomic mass is 10.0. The first-order valence-electron chi connectivity index (χ1n) is 5.61. The molecule has 0 atom stereocenters. The van der Waals surface area contributed by atoms with Gasteiger partial charge in [0.1, 0.15) is 0 Å². The number of benzene rings is 1. The smallest absolute Gasteiger partial charge is 0.358 e. The Morgan fingerprint density at radius 1 is 1.35 bits per heavy atom. The van der Waals surface area contributed by atoms with Crippen molar-refractivity contribution in [1.82, 2.24) is 5.16 Å². The normalized spacial score (nSPS) is 10.4. The molecule has 0 unspecified atom stereocenters. The van der Waals surface area contributed by atoms with Gasteiger partial charge in [0.15, 0.2) is 23.0 Å². The Balaban J connectivity index is 2.64. The fraction of sp³-hybridized carbons (Fsp3) is 0.231. The van der Waals surface area contributed by atoms with Crippen LogP contribution in [0.1, 0.15) is 16.1 Å². The minimum Gasteiger partial charge on any atom is -0.493 e. The first-order chi connectivity index (χ1) is 9.49. The van der Waals surface area contributed by atoms with Crippen molar-refractivity contribution >= 4 is 17.6 Å². The average Bonchev–Trinajstić information content (AvgIpc) is 2.87. The van der Waals surface area contributed by atoms with Crippen LogP contribution in [0.5, 0.6) is 11.5 Å². The van der Waals surface area contributed by atoms with Gasteiger partial charge in [-0.2, -0.15) is 0 Å². The van der Waals surface area contributed by atoms with Crippen molar-refractivity contribution in [2.75, 3.05) is 14.2 Å². The first-order valence-corrected chi connectivity index (χ1v) is 5.98. The monoisotopic (exact) mass is 297 g/mol. The summed E-state index contributed by atoms with van der Waals surface area (Å²) in [6, 6.07) is 3.03. The van der Waals surface area contributed by atoms with Crippen molar-refractivity contribution in [1.29, 1.82) is 0 Å². The molecule has 0 aliphatic rings. The van der Waals surface area contributed by atoms with Gasteiger partial charge in [0.05, 0.1) is 19.2 Å². The number of nitrogens with zero attached hydrogens (tertiary/aromatic N) is 1. The number of carboxylic acid groups (broad SMARTS) is 1. The van der Waals surface area contributed by atoms with E-state index in [9.17, 15) is 4.79 Å².